The summed E-state index contributed by atoms with van der Waals surface area (Å²) in [5.41, 5.74) is 0.997. The van der Waals surface area contributed by atoms with Gasteiger partial charge in [0.2, 0.25) is 0 Å². The Morgan fingerprint density at radius 2 is 2.33 bits per heavy atom. The van der Waals surface area contributed by atoms with Crippen LogP contribution in [0, 0.1) is 5.82 Å². The van der Waals surface area contributed by atoms with Crippen LogP contribution in [0.5, 0.6) is 0 Å². The Balaban J connectivity index is 1.89. The first kappa shape index (κ1) is 12.8. The lowest BCUT2D eigenvalue weighted by Crippen LogP contribution is -2.23. The van der Waals surface area contributed by atoms with Crippen molar-refractivity contribution >= 4 is 0 Å². The summed E-state index contributed by atoms with van der Waals surface area (Å²) in [6.07, 6.45) is 5.35. The molecule has 0 aliphatic carbocycles. The van der Waals surface area contributed by atoms with Gasteiger partial charge < -0.3 is 10.3 Å². The van der Waals surface area contributed by atoms with E-state index >= 15 is 0 Å². The van der Waals surface area contributed by atoms with Crippen LogP contribution < -0.4 is 5.32 Å². The molecule has 2 N–H and O–H groups in total. The number of aromatic amines is 1. The Labute approximate surface area is 106 Å². The largest absolute Gasteiger partial charge is 0.349 e. The van der Waals surface area contributed by atoms with Gasteiger partial charge in [0.25, 0.3) is 0 Å². The number of rotatable bonds is 6. The minimum Gasteiger partial charge on any atom is -0.349 e. The van der Waals surface area contributed by atoms with Crippen molar-refractivity contribution in [2.24, 2.45) is 0 Å². The van der Waals surface area contributed by atoms with Crippen LogP contribution in [0.15, 0.2) is 36.7 Å². The molecule has 0 aliphatic heterocycles. The molecule has 0 saturated carbocycles. The second-order valence-corrected chi connectivity index (χ2v) is 4.26. The van der Waals surface area contributed by atoms with Gasteiger partial charge in [-0.1, -0.05) is 19.1 Å². The number of nitrogens with zero attached hydrogens (tertiary/aromatic N) is 1. The van der Waals surface area contributed by atoms with Crippen LogP contribution in [0.3, 0.4) is 0 Å². The lowest BCUT2D eigenvalue weighted by molar-refractivity contribution is 0.514. The zero-order chi connectivity index (χ0) is 12.8. The van der Waals surface area contributed by atoms with Crippen molar-refractivity contribution < 1.29 is 4.39 Å². The Kier molecular flexibility index (Phi) is 4.47. The molecule has 96 valence electrons. The summed E-state index contributed by atoms with van der Waals surface area (Å²) in [6.45, 7) is 2.91. The van der Waals surface area contributed by atoms with E-state index in [1.54, 1.807) is 18.3 Å². The molecule has 0 fully saturated rings. The molecule has 4 heteroatoms. The molecule has 1 aromatic heterocycles. The third-order valence-corrected chi connectivity index (χ3v) is 2.97. The van der Waals surface area contributed by atoms with Crippen molar-refractivity contribution in [2.45, 2.75) is 25.8 Å². The molecule has 0 saturated heterocycles. The van der Waals surface area contributed by atoms with Gasteiger partial charge in [-0.15, -0.1) is 0 Å². The van der Waals surface area contributed by atoms with Gasteiger partial charge in [-0.3, -0.25) is 0 Å². The van der Waals surface area contributed by atoms with Crippen molar-refractivity contribution in [1.29, 1.82) is 0 Å². The van der Waals surface area contributed by atoms with Gasteiger partial charge in [0.05, 0.1) is 0 Å². The Bertz CT molecular complexity index is 468. The molecule has 1 heterocycles. The molecular formula is C14H18FN3. The number of aromatic nitrogens is 2. The van der Waals surface area contributed by atoms with Crippen molar-refractivity contribution in [3.8, 4) is 0 Å². The number of imidazole rings is 1. The van der Waals surface area contributed by atoms with E-state index in [1.165, 1.54) is 6.07 Å². The van der Waals surface area contributed by atoms with Crippen molar-refractivity contribution in [3.05, 3.63) is 53.9 Å². The van der Waals surface area contributed by atoms with E-state index in [0.29, 0.717) is 0 Å². The Hall–Kier alpha value is -1.68. The zero-order valence-corrected chi connectivity index (χ0v) is 10.5. The summed E-state index contributed by atoms with van der Waals surface area (Å²) >= 11 is 0. The number of nitrogens with one attached hydrogen (secondary N) is 2. The normalized spacial score (nSPS) is 12.6. The van der Waals surface area contributed by atoms with Crippen LogP contribution in [0.2, 0.25) is 0 Å². The molecule has 3 nitrogen and oxygen atoms in total. The Morgan fingerprint density at radius 3 is 3.00 bits per heavy atom. The third kappa shape index (κ3) is 3.40. The number of benzene rings is 1. The molecule has 2 rings (SSSR count). The van der Waals surface area contributed by atoms with Crippen LogP contribution in [-0.2, 0) is 6.42 Å². The summed E-state index contributed by atoms with van der Waals surface area (Å²) in [5, 5.41) is 3.42. The van der Waals surface area contributed by atoms with Crippen molar-refractivity contribution in [1.82, 2.24) is 15.3 Å². The van der Waals surface area contributed by atoms with Crippen molar-refractivity contribution in [3.63, 3.8) is 0 Å². The SMILES string of the molecule is CCC(NCCc1ncc[nH]1)c1cccc(F)c1. The predicted octanol–water partition coefficient (Wildman–Crippen LogP) is 2.83. The molecule has 1 atom stereocenters. The molecule has 0 amide bonds. The average Bonchev–Trinajstić information content (AvgIpc) is 2.88. The first-order valence-corrected chi connectivity index (χ1v) is 6.26. The third-order valence-electron chi connectivity index (χ3n) is 2.97. The smallest absolute Gasteiger partial charge is 0.123 e. The van der Waals surface area contributed by atoms with E-state index < -0.39 is 0 Å². The number of H-pyrrole nitrogens is 1. The molecule has 0 spiro atoms. The minimum atomic E-state index is -0.182. The van der Waals surface area contributed by atoms with Crippen LogP contribution >= 0.6 is 0 Å². The molecule has 1 aromatic carbocycles. The van der Waals surface area contributed by atoms with Crippen LogP contribution in [0.1, 0.15) is 30.8 Å². The predicted molar refractivity (Wildman–Crippen MR) is 69.7 cm³/mol. The maximum absolute atomic E-state index is 13.2. The fraction of sp³-hybridized carbons (Fsp3) is 0.357. The highest BCUT2D eigenvalue weighted by Gasteiger charge is 2.09. The van der Waals surface area contributed by atoms with E-state index in [0.717, 1.165) is 30.8 Å². The molecular weight excluding hydrogens is 229 g/mol. The second kappa shape index (κ2) is 6.31. The van der Waals surface area contributed by atoms with Gasteiger partial charge in [-0.05, 0) is 24.1 Å². The van der Waals surface area contributed by atoms with Gasteiger partial charge in [-0.25, -0.2) is 9.37 Å². The van der Waals surface area contributed by atoms with E-state index in [4.69, 9.17) is 0 Å². The number of hydrogen-bond donors (Lipinski definition) is 2. The first-order valence-electron chi connectivity index (χ1n) is 6.26. The van der Waals surface area contributed by atoms with Gasteiger partial charge in [0.1, 0.15) is 11.6 Å². The molecule has 0 bridgehead atoms. The highest BCUT2D eigenvalue weighted by Crippen LogP contribution is 2.17. The fourth-order valence-electron chi connectivity index (χ4n) is 2.02. The standard InChI is InChI=1S/C14H18FN3/c1-2-13(11-4-3-5-12(15)10-11)16-7-6-14-17-8-9-18-14/h3-5,8-10,13,16H,2,6-7H2,1H3,(H,17,18). The maximum Gasteiger partial charge on any atom is 0.123 e. The van der Waals surface area contributed by atoms with Crippen LogP contribution in [0.25, 0.3) is 0 Å². The monoisotopic (exact) mass is 247 g/mol. The summed E-state index contributed by atoms with van der Waals surface area (Å²) in [5.74, 6) is 0.787. The highest BCUT2D eigenvalue weighted by molar-refractivity contribution is 5.20. The van der Waals surface area contributed by atoms with Gasteiger partial charge in [-0.2, -0.15) is 0 Å². The lowest BCUT2D eigenvalue weighted by Gasteiger charge is -2.17. The maximum atomic E-state index is 13.2. The highest BCUT2D eigenvalue weighted by atomic mass is 19.1. The quantitative estimate of drug-likeness (QED) is 0.824. The molecule has 1 unspecified atom stereocenters. The summed E-state index contributed by atoms with van der Waals surface area (Å²) in [7, 11) is 0. The summed E-state index contributed by atoms with van der Waals surface area (Å²) in [6, 6.07) is 6.96. The summed E-state index contributed by atoms with van der Waals surface area (Å²) in [4.78, 5) is 7.24. The number of hydrogen-bond acceptors (Lipinski definition) is 2. The summed E-state index contributed by atoms with van der Waals surface area (Å²) < 4.78 is 13.2. The molecule has 2 aromatic rings. The minimum absolute atomic E-state index is 0.182. The van der Waals surface area contributed by atoms with Gasteiger partial charge in [0.15, 0.2) is 0 Å². The van der Waals surface area contributed by atoms with E-state index in [-0.39, 0.29) is 11.9 Å². The average molecular weight is 247 g/mol. The molecule has 18 heavy (non-hydrogen) atoms. The fourth-order valence-corrected chi connectivity index (χ4v) is 2.02. The Morgan fingerprint density at radius 1 is 1.44 bits per heavy atom. The van der Waals surface area contributed by atoms with E-state index in [2.05, 4.69) is 22.2 Å². The number of halogens is 1. The molecule has 0 radical (unpaired) electrons. The first-order chi connectivity index (χ1) is 8.79. The topological polar surface area (TPSA) is 40.7 Å². The van der Waals surface area contributed by atoms with Gasteiger partial charge in [0, 0.05) is 31.4 Å². The molecule has 0 aliphatic rings. The zero-order valence-electron chi connectivity index (χ0n) is 10.5. The van der Waals surface area contributed by atoms with E-state index in [9.17, 15) is 4.39 Å². The second-order valence-electron chi connectivity index (χ2n) is 4.26. The lowest BCUT2D eigenvalue weighted by atomic mass is 10.0. The van der Waals surface area contributed by atoms with Crippen LogP contribution in [-0.4, -0.2) is 16.5 Å². The van der Waals surface area contributed by atoms with Crippen molar-refractivity contribution in [2.75, 3.05) is 6.54 Å². The van der Waals surface area contributed by atoms with Crippen LogP contribution in [0.4, 0.5) is 4.39 Å². The van der Waals surface area contributed by atoms with E-state index in [1.807, 2.05) is 12.3 Å². The van der Waals surface area contributed by atoms with Gasteiger partial charge >= 0.3 is 0 Å².